The van der Waals surface area contributed by atoms with Crippen molar-refractivity contribution >= 4 is 15.9 Å². The molecule has 0 aliphatic heterocycles. The Balaban J connectivity index is 2.78. The second-order valence-electron chi connectivity index (χ2n) is 5.27. The largest absolute Gasteiger partial charge is 0.326 e. The summed E-state index contributed by atoms with van der Waals surface area (Å²) in [5, 5.41) is 0. The van der Waals surface area contributed by atoms with E-state index in [1.54, 1.807) is 0 Å². The highest BCUT2D eigenvalue weighted by Gasteiger charge is 2.31. The fraction of sp³-hybridized carbons (Fsp3) is 0.600. The molecule has 1 atom stereocenters. The molecule has 18 heavy (non-hydrogen) atoms. The molecule has 0 aliphatic carbocycles. The van der Waals surface area contributed by atoms with Crippen molar-refractivity contribution in [2.24, 2.45) is 5.73 Å². The summed E-state index contributed by atoms with van der Waals surface area (Å²) in [6.07, 6.45) is 0.906. The lowest BCUT2D eigenvalue weighted by Crippen LogP contribution is -2.56. The zero-order valence-corrected chi connectivity index (χ0v) is 13.5. The first-order valence-electron chi connectivity index (χ1n) is 6.66. The zero-order chi connectivity index (χ0) is 13.8. The van der Waals surface area contributed by atoms with E-state index in [0.29, 0.717) is 0 Å². The molecular weight excluding hydrogens is 288 g/mol. The van der Waals surface area contributed by atoms with E-state index in [-0.39, 0.29) is 11.6 Å². The van der Waals surface area contributed by atoms with Gasteiger partial charge in [0.1, 0.15) is 0 Å². The molecule has 0 aromatic heterocycles. The number of halogens is 1. The molecule has 1 aromatic carbocycles. The van der Waals surface area contributed by atoms with Crippen molar-refractivity contribution in [2.45, 2.75) is 45.7 Å². The van der Waals surface area contributed by atoms with Crippen LogP contribution in [-0.2, 0) is 6.42 Å². The second kappa shape index (κ2) is 6.69. The van der Waals surface area contributed by atoms with Crippen molar-refractivity contribution in [3.63, 3.8) is 0 Å². The minimum Gasteiger partial charge on any atom is -0.326 e. The number of hydrogen-bond acceptors (Lipinski definition) is 2. The van der Waals surface area contributed by atoms with Gasteiger partial charge in [-0.25, -0.2) is 0 Å². The summed E-state index contributed by atoms with van der Waals surface area (Å²) in [5.74, 6) is 0. The standard InChI is InChI=1S/C15H25BrN2/c1-5-18(6-2)15(3,4)14(17)11-12-8-7-9-13(16)10-12/h7-10,14H,5-6,11,17H2,1-4H3. The van der Waals surface area contributed by atoms with Crippen LogP contribution >= 0.6 is 15.9 Å². The maximum Gasteiger partial charge on any atom is 0.0307 e. The van der Waals surface area contributed by atoms with Gasteiger partial charge >= 0.3 is 0 Å². The first kappa shape index (κ1) is 15.7. The number of hydrogen-bond donors (Lipinski definition) is 1. The molecular formula is C15H25BrN2. The predicted molar refractivity (Wildman–Crippen MR) is 82.8 cm³/mol. The zero-order valence-electron chi connectivity index (χ0n) is 11.9. The van der Waals surface area contributed by atoms with Crippen LogP contribution in [0.1, 0.15) is 33.3 Å². The molecule has 0 bridgehead atoms. The molecule has 0 aliphatic rings. The quantitative estimate of drug-likeness (QED) is 0.872. The monoisotopic (exact) mass is 312 g/mol. The van der Waals surface area contributed by atoms with Crippen LogP contribution in [0, 0.1) is 0 Å². The Morgan fingerprint density at radius 3 is 2.39 bits per heavy atom. The van der Waals surface area contributed by atoms with E-state index in [2.05, 4.69) is 66.7 Å². The summed E-state index contributed by atoms with van der Waals surface area (Å²) in [4.78, 5) is 2.43. The van der Waals surface area contributed by atoms with Crippen LogP contribution in [0.5, 0.6) is 0 Å². The van der Waals surface area contributed by atoms with E-state index >= 15 is 0 Å². The van der Waals surface area contributed by atoms with Crippen molar-refractivity contribution in [2.75, 3.05) is 13.1 Å². The number of likely N-dealkylation sites (N-methyl/N-ethyl adjacent to an activating group) is 1. The minimum absolute atomic E-state index is 0.0197. The number of benzene rings is 1. The van der Waals surface area contributed by atoms with Crippen LogP contribution < -0.4 is 5.73 Å². The maximum absolute atomic E-state index is 6.43. The Morgan fingerprint density at radius 2 is 1.89 bits per heavy atom. The van der Waals surface area contributed by atoms with Crippen LogP contribution in [0.2, 0.25) is 0 Å². The lowest BCUT2D eigenvalue weighted by Gasteiger charge is -2.42. The molecule has 0 spiro atoms. The van der Waals surface area contributed by atoms with Crippen LogP contribution in [0.3, 0.4) is 0 Å². The van der Waals surface area contributed by atoms with E-state index in [4.69, 9.17) is 5.73 Å². The smallest absolute Gasteiger partial charge is 0.0307 e. The first-order valence-corrected chi connectivity index (χ1v) is 7.46. The molecule has 1 aromatic rings. The fourth-order valence-corrected chi connectivity index (χ4v) is 2.89. The van der Waals surface area contributed by atoms with Gasteiger partial charge in [-0.05, 0) is 51.1 Å². The Morgan fingerprint density at radius 1 is 1.28 bits per heavy atom. The molecule has 0 radical (unpaired) electrons. The highest BCUT2D eigenvalue weighted by molar-refractivity contribution is 9.10. The van der Waals surface area contributed by atoms with Crippen molar-refractivity contribution in [3.05, 3.63) is 34.3 Å². The lowest BCUT2D eigenvalue weighted by atomic mass is 9.88. The molecule has 2 nitrogen and oxygen atoms in total. The number of nitrogens with zero attached hydrogens (tertiary/aromatic N) is 1. The average Bonchev–Trinajstić information content (AvgIpc) is 2.30. The molecule has 0 saturated carbocycles. The van der Waals surface area contributed by atoms with Gasteiger partial charge in [0.05, 0.1) is 0 Å². The molecule has 2 N–H and O–H groups in total. The van der Waals surface area contributed by atoms with Crippen molar-refractivity contribution in [1.82, 2.24) is 4.90 Å². The molecule has 102 valence electrons. The third-order valence-electron chi connectivity index (χ3n) is 3.83. The third kappa shape index (κ3) is 3.81. The van der Waals surface area contributed by atoms with E-state index in [1.807, 2.05) is 6.07 Å². The Kier molecular flexibility index (Phi) is 5.83. The molecule has 0 fully saturated rings. The summed E-state index contributed by atoms with van der Waals surface area (Å²) in [6.45, 7) is 10.9. The fourth-order valence-electron chi connectivity index (χ4n) is 2.44. The van der Waals surface area contributed by atoms with Gasteiger partial charge in [0, 0.05) is 16.1 Å². The SMILES string of the molecule is CCN(CC)C(C)(C)C(N)Cc1cccc(Br)c1. The minimum atomic E-state index is 0.0197. The summed E-state index contributed by atoms with van der Waals surface area (Å²) in [6, 6.07) is 8.54. The van der Waals surface area contributed by atoms with Crippen molar-refractivity contribution in [3.8, 4) is 0 Å². The predicted octanol–water partition coefficient (Wildman–Crippen LogP) is 3.44. The van der Waals surface area contributed by atoms with Crippen molar-refractivity contribution in [1.29, 1.82) is 0 Å². The van der Waals surface area contributed by atoms with Gasteiger partial charge in [0.15, 0.2) is 0 Å². The molecule has 0 saturated heterocycles. The van der Waals surface area contributed by atoms with Gasteiger partial charge in [-0.3, -0.25) is 4.90 Å². The molecule has 3 heteroatoms. The molecule has 0 heterocycles. The Labute approximate surface area is 120 Å². The van der Waals surface area contributed by atoms with Gasteiger partial charge in [-0.1, -0.05) is 41.9 Å². The normalized spacial score (nSPS) is 13.9. The van der Waals surface area contributed by atoms with E-state index in [9.17, 15) is 0 Å². The van der Waals surface area contributed by atoms with Crippen LogP contribution in [0.4, 0.5) is 0 Å². The van der Waals surface area contributed by atoms with Crippen LogP contribution in [0.15, 0.2) is 28.7 Å². The van der Waals surface area contributed by atoms with E-state index < -0.39 is 0 Å². The highest BCUT2D eigenvalue weighted by atomic mass is 79.9. The van der Waals surface area contributed by atoms with Gasteiger partial charge in [0.2, 0.25) is 0 Å². The van der Waals surface area contributed by atoms with Crippen molar-refractivity contribution < 1.29 is 0 Å². The van der Waals surface area contributed by atoms with Crippen LogP contribution in [-0.4, -0.2) is 29.6 Å². The van der Waals surface area contributed by atoms with Gasteiger partial charge < -0.3 is 5.73 Å². The number of rotatable bonds is 6. The van der Waals surface area contributed by atoms with Crippen LogP contribution in [0.25, 0.3) is 0 Å². The highest BCUT2D eigenvalue weighted by Crippen LogP contribution is 2.21. The van der Waals surface area contributed by atoms with E-state index in [1.165, 1.54) is 5.56 Å². The average molecular weight is 313 g/mol. The Hall–Kier alpha value is -0.380. The molecule has 1 unspecified atom stereocenters. The van der Waals surface area contributed by atoms with Gasteiger partial charge in [-0.15, -0.1) is 0 Å². The second-order valence-corrected chi connectivity index (χ2v) is 6.18. The summed E-state index contributed by atoms with van der Waals surface area (Å²) >= 11 is 3.51. The molecule has 0 amide bonds. The Bertz CT molecular complexity index is 373. The maximum atomic E-state index is 6.43. The number of nitrogens with two attached hydrogens (primary N) is 1. The van der Waals surface area contributed by atoms with E-state index in [0.717, 1.165) is 24.0 Å². The topological polar surface area (TPSA) is 29.3 Å². The first-order chi connectivity index (χ1) is 8.41. The summed E-state index contributed by atoms with van der Waals surface area (Å²) in [7, 11) is 0. The summed E-state index contributed by atoms with van der Waals surface area (Å²) in [5.41, 5.74) is 7.74. The summed E-state index contributed by atoms with van der Waals surface area (Å²) < 4.78 is 1.12. The van der Waals surface area contributed by atoms with Gasteiger partial charge in [0.25, 0.3) is 0 Å². The lowest BCUT2D eigenvalue weighted by molar-refractivity contribution is 0.106. The van der Waals surface area contributed by atoms with Gasteiger partial charge in [-0.2, -0.15) is 0 Å². The third-order valence-corrected chi connectivity index (χ3v) is 4.32. The molecule has 1 rings (SSSR count).